The minimum absolute atomic E-state index is 0.0168. The average Bonchev–Trinajstić information content (AvgIpc) is 2.28. The number of carbonyl (C=O) groups is 1. The predicted molar refractivity (Wildman–Crippen MR) is 64.6 cm³/mol. The molecule has 1 aromatic carbocycles. The van der Waals surface area contributed by atoms with E-state index < -0.39 is 12.5 Å². The molecular formula is C11H7BrF2N2O2. The summed E-state index contributed by atoms with van der Waals surface area (Å²) in [7, 11) is 0. The minimum atomic E-state index is -2.91. The molecule has 0 atom stereocenters. The maximum atomic E-state index is 12.1. The molecule has 0 saturated heterocycles. The summed E-state index contributed by atoms with van der Waals surface area (Å²) < 4.78 is 29.0. The van der Waals surface area contributed by atoms with E-state index in [1.54, 1.807) is 0 Å². The number of halogens is 3. The van der Waals surface area contributed by atoms with E-state index in [9.17, 15) is 13.6 Å². The first kappa shape index (κ1) is 12.7. The smallest absolute Gasteiger partial charge is 0.387 e. The number of pyridine rings is 1. The van der Waals surface area contributed by atoms with E-state index in [1.807, 2.05) is 0 Å². The highest BCUT2D eigenvalue weighted by atomic mass is 79.9. The van der Waals surface area contributed by atoms with Crippen LogP contribution in [0.5, 0.6) is 5.75 Å². The van der Waals surface area contributed by atoms with Crippen molar-refractivity contribution in [2.45, 2.75) is 6.61 Å². The molecule has 0 unspecified atom stereocenters. The number of aromatic nitrogens is 1. The summed E-state index contributed by atoms with van der Waals surface area (Å²) in [6.07, 6.45) is 1.28. The van der Waals surface area contributed by atoms with Gasteiger partial charge in [0.05, 0.1) is 15.6 Å². The number of alkyl halides is 2. The van der Waals surface area contributed by atoms with Gasteiger partial charge in [-0.2, -0.15) is 8.78 Å². The number of benzene rings is 1. The van der Waals surface area contributed by atoms with Crippen molar-refractivity contribution in [1.82, 2.24) is 4.98 Å². The third-order valence-electron chi connectivity index (χ3n) is 2.24. The van der Waals surface area contributed by atoms with Crippen LogP contribution >= 0.6 is 15.9 Å². The molecule has 0 spiro atoms. The molecule has 4 nitrogen and oxygen atoms in total. The van der Waals surface area contributed by atoms with Crippen LogP contribution in [0, 0.1) is 0 Å². The maximum Gasteiger partial charge on any atom is 0.387 e. The molecule has 94 valence electrons. The van der Waals surface area contributed by atoms with Crippen LogP contribution in [0.1, 0.15) is 10.4 Å². The van der Waals surface area contributed by atoms with Crippen LogP contribution in [0.25, 0.3) is 10.9 Å². The molecule has 1 aromatic heterocycles. The molecule has 7 heteroatoms. The van der Waals surface area contributed by atoms with Crippen LogP contribution in [-0.2, 0) is 0 Å². The first-order valence-electron chi connectivity index (χ1n) is 4.81. The number of ether oxygens (including phenoxy) is 1. The van der Waals surface area contributed by atoms with Gasteiger partial charge in [0.1, 0.15) is 5.75 Å². The van der Waals surface area contributed by atoms with Crippen molar-refractivity contribution < 1.29 is 18.3 Å². The van der Waals surface area contributed by atoms with Crippen molar-refractivity contribution >= 4 is 32.7 Å². The molecule has 0 aliphatic rings. The molecule has 2 aromatic rings. The fraction of sp³-hybridized carbons (Fsp3) is 0.0909. The van der Waals surface area contributed by atoms with E-state index in [1.165, 1.54) is 24.4 Å². The van der Waals surface area contributed by atoms with Crippen molar-refractivity contribution in [2.24, 2.45) is 5.73 Å². The summed E-state index contributed by atoms with van der Waals surface area (Å²) >= 11 is 3.11. The highest BCUT2D eigenvalue weighted by molar-refractivity contribution is 9.10. The van der Waals surface area contributed by atoms with Crippen molar-refractivity contribution in [3.8, 4) is 5.75 Å². The van der Waals surface area contributed by atoms with Gasteiger partial charge in [-0.1, -0.05) is 0 Å². The van der Waals surface area contributed by atoms with Gasteiger partial charge in [-0.3, -0.25) is 9.78 Å². The van der Waals surface area contributed by atoms with E-state index in [2.05, 4.69) is 25.7 Å². The third-order valence-corrected chi connectivity index (χ3v) is 2.86. The summed E-state index contributed by atoms with van der Waals surface area (Å²) in [6, 6.07) is 4.42. The minimum Gasteiger partial charge on any atom is -0.434 e. The van der Waals surface area contributed by atoms with E-state index in [0.29, 0.717) is 15.4 Å². The Balaban J connectivity index is 2.53. The predicted octanol–water partition coefficient (Wildman–Crippen LogP) is 2.70. The second kappa shape index (κ2) is 4.85. The topological polar surface area (TPSA) is 65.2 Å². The van der Waals surface area contributed by atoms with Gasteiger partial charge in [0, 0.05) is 17.6 Å². The van der Waals surface area contributed by atoms with Crippen LogP contribution in [-0.4, -0.2) is 17.5 Å². The number of amides is 1. The SMILES string of the molecule is NC(=O)c1cnc2cc(OC(F)F)c(Br)cc2c1. The van der Waals surface area contributed by atoms with E-state index in [-0.39, 0.29) is 11.3 Å². The zero-order valence-electron chi connectivity index (χ0n) is 8.86. The van der Waals surface area contributed by atoms with Gasteiger partial charge in [0.25, 0.3) is 0 Å². The van der Waals surface area contributed by atoms with Crippen LogP contribution in [0.3, 0.4) is 0 Å². The second-order valence-corrected chi connectivity index (χ2v) is 4.30. The maximum absolute atomic E-state index is 12.1. The molecule has 0 aliphatic heterocycles. The first-order chi connectivity index (χ1) is 8.47. The Hall–Kier alpha value is -1.76. The van der Waals surface area contributed by atoms with Crippen molar-refractivity contribution in [2.75, 3.05) is 0 Å². The highest BCUT2D eigenvalue weighted by Gasteiger charge is 2.11. The Morgan fingerprint density at radius 3 is 2.72 bits per heavy atom. The first-order valence-corrected chi connectivity index (χ1v) is 5.60. The quantitative estimate of drug-likeness (QED) is 0.946. The Labute approximate surface area is 109 Å². The molecule has 0 aliphatic carbocycles. The average molecular weight is 317 g/mol. The number of hydrogen-bond acceptors (Lipinski definition) is 3. The van der Waals surface area contributed by atoms with E-state index in [0.717, 1.165) is 0 Å². The lowest BCUT2D eigenvalue weighted by molar-refractivity contribution is -0.0502. The Kier molecular flexibility index (Phi) is 3.42. The highest BCUT2D eigenvalue weighted by Crippen LogP contribution is 2.31. The van der Waals surface area contributed by atoms with E-state index >= 15 is 0 Å². The number of rotatable bonds is 3. The summed E-state index contributed by atoms with van der Waals surface area (Å²) in [5.41, 5.74) is 5.80. The van der Waals surface area contributed by atoms with Gasteiger partial charge in [-0.05, 0) is 28.1 Å². The van der Waals surface area contributed by atoms with E-state index in [4.69, 9.17) is 5.73 Å². The number of carbonyl (C=O) groups excluding carboxylic acids is 1. The van der Waals surface area contributed by atoms with Gasteiger partial charge in [0.2, 0.25) is 5.91 Å². The molecule has 18 heavy (non-hydrogen) atoms. The van der Waals surface area contributed by atoms with Gasteiger partial charge in [0.15, 0.2) is 0 Å². The van der Waals surface area contributed by atoms with Gasteiger partial charge >= 0.3 is 6.61 Å². The molecule has 2 N–H and O–H groups in total. The number of primary amides is 1. The Morgan fingerprint density at radius 1 is 1.39 bits per heavy atom. The largest absolute Gasteiger partial charge is 0.434 e. The normalized spacial score (nSPS) is 10.9. The number of hydrogen-bond donors (Lipinski definition) is 1. The van der Waals surface area contributed by atoms with Crippen molar-refractivity contribution in [1.29, 1.82) is 0 Å². The molecule has 0 bridgehead atoms. The zero-order valence-corrected chi connectivity index (χ0v) is 10.4. The molecule has 2 rings (SSSR count). The summed E-state index contributed by atoms with van der Waals surface area (Å²) in [6.45, 7) is -2.91. The monoisotopic (exact) mass is 316 g/mol. The molecule has 0 fully saturated rings. The van der Waals surface area contributed by atoms with Crippen molar-refractivity contribution in [3.63, 3.8) is 0 Å². The lowest BCUT2D eigenvalue weighted by atomic mass is 10.1. The van der Waals surface area contributed by atoms with Gasteiger partial charge in [-0.25, -0.2) is 0 Å². The second-order valence-electron chi connectivity index (χ2n) is 3.44. The Morgan fingerprint density at radius 2 is 2.11 bits per heavy atom. The molecular weight excluding hydrogens is 310 g/mol. The summed E-state index contributed by atoms with van der Waals surface area (Å²) in [4.78, 5) is 15.0. The van der Waals surface area contributed by atoms with Crippen LogP contribution in [0.15, 0.2) is 28.9 Å². The summed E-state index contributed by atoms with van der Waals surface area (Å²) in [5, 5.41) is 0.597. The number of nitrogens with two attached hydrogens (primary N) is 1. The number of nitrogens with zero attached hydrogens (tertiary/aromatic N) is 1. The molecule has 0 radical (unpaired) electrons. The van der Waals surface area contributed by atoms with Crippen LogP contribution in [0.2, 0.25) is 0 Å². The van der Waals surface area contributed by atoms with Gasteiger partial charge < -0.3 is 10.5 Å². The molecule has 1 heterocycles. The van der Waals surface area contributed by atoms with Crippen LogP contribution < -0.4 is 10.5 Å². The lowest BCUT2D eigenvalue weighted by Gasteiger charge is -2.08. The summed E-state index contributed by atoms with van der Waals surface area (Å²) in [5.74, 6) is -0.620. The fourth-order valence-electron chi connectivity index (χ4n) is 1.45. The zero-order chi connectivity index (χ0) is 13.3. The van der Waals surface area contributed by atoms with Crippen molar-refractivity contribution in [3.05, 3.63) is 34.4 Å². The molecule has 1 amide bonds. The Bertz CT molecular complexity index is 619. The fourth-order valence-corrected chi connectivity index (χ4v) is 1.90. The third kappa shape index (κ3) is 2.56. The lowest BCUT2D eigenvalue weighted by Crippen LogP contribution is -2.11. The van der Waals surface area contributed by atoms with Gasteiger partial charge in [-0.15, -0.1) is 0 Å². The van der Waals surface area contributed by atoms with Crippen LogP contribution in [0.4, 0.5) is 8.78 Å². The number of fused-ring (bicyclic) bond motifs is 1. The standard InChI is InChI=1S/C11H7BrF2N2O2/c12-7-2-5-1-6(10(15)17)4-16-8(5)3-9(7)18-11(13)14/h1-4,11H,(H2,15,17). The molecule has 0 saturated carbocycles.